The molecule has 0 aliphatic heterocycles. The second-order valence-electron chi connectivity index (χ2n) is 12.2. The molecule has 45 heavy (non-hydrogen) atoms. The zero-order valence-electron chi connectivity index (χ0n) is 27.1. The van der Waals surface area contributed by atoms with E-state index in [0.29, 0.717) is 0 Å². The van der Waals surface area contributed by atoms with Gasteiger partial charge in [-0.05, 0) is 65.6 Å². The molecule has 228 valence electrons. The summed E-state index contributed by atoms with van der Waals surface area (Å²) in [5.74, 6) is 1.10. The number of unbranched alkanes of at least 4 members (excludes halogenated alkanes) is 2. The molecule has 0 atom stereocenters. The number of benzene rings is 5. The molecule has 6 aromatic rings. The highest BCUT2D eigenvalue weighted by Crippen LogP contribution is 2.42. The summed E-state index contributed by atoms with van der Waals surface area (Å²) < 4.78 is 0. The van der Waals surface area contributed by atoms with E-state index in [1.54, 1.807) is 0 Å². The second kappa shape index (κ2) is 14.4. The van der Waals surface area contributed by atoms with E-state index in [-0.39, 0.29) is 5.92 Å². The van der Waals surface area contributed by atoms with E-state index < -0.39 is 7.92 Å². The van der Waals surface area contributed by atoms with Gasteiger partial charge in [0.15, 0.2) is 0 Å². The maximum atomic E-state index is 5.41. The third-order valence-electron chi connectivity index (χ3n) is 8.56. The summed E-state index contributed by atoms with van der Waals surface area (Å²) in [6, 6.07) is 42.3. The average molecular weight is 610 g/mol. The van der Waals surface area contributed by atoms with Gasteiger partial charge in [0.25, 0.3) is 0 Å². The van der Waals surface area contributed by atoms with Crippen LogP contribution < -0.4 is 20.8 Å². The van der Waals surface area contributed by atoms with Gasteiger partial charge in [0.2, 0.25) is 0 Å². The van der Waals surface area contributed by atoms with Crippen LogP contribution >= 0.6 is 7.92 Å². The van der Waals surface area contributed by atoms with Crippen LogP contribution in [0.15, 0.2) is 115 Å². The highest BCUT2D eigenvalue weighted by atomic mass is 31.1. The topological polar surface area (TPSA) is 29.0 Å². The summed E-state index contributed by atoms with van der Waals surface area (Å²) in [5, 5.41) is 7.58. The number of anilines is 1. The third kappa shape index (κ3) is 6.65. The monoisotopic (exact) mass is 609 g/mol. The lowest BCUT2D eigenvalue weighted by molar-refractivity contribution is 0.678. The Morgan fingerprint density at radius 1 is 0.644 bits per heavy atom. The van der Waals surface area contributed by atoms with Gasteiger partial charge in [0, 0.05) is 35.6 Å². The van der Waals surface area contributed by atoms with E-state index in [9.17, 15) is 0 Å². The van der Waals surface area contributed by atoms with E-state index in [4.69, 9.17) is 9.97 Å². The molecule has 0 saturated heterocycles. The number of aromatic nitrogens is 2. The fourth-order valence-electron chi connectivity index (χ4n) is 6.13. The molecule has 0 fully saturated rings. The Bertz CT molecular complexity index is 1820. The highest BCUT2D eigenvalue weighted by Gasteiger charge is 2.25. The van der Waals surface area contributed by atoms with Gasteiger partial charge >= 0.3 is 0 Å². The molecule has 6 rings (SSSR count). The number of rotatable bonds is 12. The Hall–Kier alpha value is -4.07. The lowest BCUT2D eigenvalue weighted by Crippen LogP contribution is -2.25. The Balaban J connectivity index is 1.64. The molecule has 0 aliphatic carbocycles. The molecule has 1 heterocycles. The minimum Gasteiger partial charge on any atom is -0.371 e. The van der Waals surface area contributed by atoms with Crippen molar-refractivity contribution in [1.29, 1.82) is 0 Å². The van der Waals surface area contributed by atoms with E-state index in [0.717, 1.165) is 35.5 Å². The quantitative estimate of drug-likeness (QED) is 0.129. The normalized spacial score (nSPS) is 11.6. The largest absolute Gasteiger partial charge is 0.371 e. The summed E-state index contributed by atoms with van der Waals surface area (Å²) in [7, 11) is -0.843. The molecule has 0 N–H and O–H groups in total. The van der Waals surface area contributed by atoms with Crippen LogP contribution in [0.5, 0.6) is 0 Å². The molecule has 0 radical (unpaired) electrons. The maximum Gasteiger partial charge on any atom is 0.132 e. The predicted molar refractivity (Wildman–Crippen MR) is 197 cm³/mol. The van der Waals surface area contributed by atoms with Gasteiger partial charge in [0.1, 0.15) is 5.82 Å². The Morgan fingerprint density at radius 2 is 1.27 bits per heavy atom. The van der Waals surface area contributed by atoms with Crippen molar-refractivity contribution in [3.8, 4) is 11.3 Å². The van der Waals surface area contributed by atoms with Gasteiger partial charge in [-0.1, -0.05) is 138 Å². The van der Waals surface area contributed by atoms with Gasteiger partial charge in [-0.3, -0.25) is 0 Å². The molecular weight excluding hydrogens is 565 g/mol. The van der Waals surface area contributed by atoms with E-state index in [1.165, 1.54) is 63.6 Å². The van der Waals surface area contributed by atoms with Crippen LogP contribution in [0.25, 0.3) is 32.9 Å². The summed E-state index contributed by atoms with van der Waals surface area (Å²) in [4.78, 5) is 13.2. The first-order valence-electron chi connectivity index (χ1n) is 16.6. The van der Waals surface area contributed by atoms with E-state index in [1.807, 2.05) is 0 Å². The van der Waals surface area contributed by atoms with Gasteiger partial charge in [-0.15, -0.1) is 0 Å². The number of hydrogen-bond acceptors (Lipinski definition) is 3. The Kier molecular flexibility index (Phi) is 9.87. The molecule has 3 nitrogen and oxygen atoms in total. The molecular formula is C41H44N3P. The molecule has 0 spiro atoms. The van der Waals surface area contributed by atoms with Crippen LogP contribution in [0.4, 0.5) is 5.69 Å². The molecule has 0 saturated carbocycles. The van der Waals surface area contributed by atoms with Crippen LogP contribution in [0.1, 0.15) is 65.1 Å². The number of nitrogens with zero attached hydrogens (tertiary/aromatic N) is 3. The van der Waals surface area contributed by atoms with Crippen molar-refractivity contribution in [3.05, 3.63) is 121 Å². The third-order valence-corrected chi connectivity index (χ3v) is 11.0. The van der Waals surface area contributed by atoms with Crippen molar-refractivity contribution in [1.82, 2.24) is 9.97 Å². The second-order valence-corrected chi connectivity index (χ2v) is 14.4. The minimum atomic E-state index is -0.843. The number of hydrogen-bond donors (Lipinski definition) is 0. The summed E-state index contributed by atoms with van der Waals surface area (Å²) in [6.07, 6.45) is 4.76. The van der Waals surface area contributed by atoms with Crippen LogP contribution in [0.2, 0.25) is 0 Å². The van der Waals surface area contributed by atoms with Crippen LogP contribution in [-0.4, -0.2) is 23.1 Å². The first-order valence-corrected chi connectivity index (χ1v) is 17.9. The fourth-order valence-corrected chi connectivity index (χ4v) is 8.59. The van der Waals surface area contributed by atoms with Crippen molar-refractivity contribution in [2.75, 3.05) is 18.0 Å². The molecule has 4 heteroatoms. The van der Waals surface area contributed by atoms with Crippen molar-refractivity contribution in [2.45, 2.75) is 59.3 Å². The molecule has 0 aliphatic rings. The Labute approximate surface area is 270 Å². The lowest BCUT2D eigenvalue weighted by Gasteiger charge is -2.26. The first-order chi connectivity index (χ1) is 22.1. The maximum absolute atomic E-state index is 5.41. The lowest BCUT2D eigenvalue weighted by atomic mass is 9.98. The fraction of sp³-hybridized carbons (Fsp3) is 0.268. The summed E-state index contributed by atoms with van der Waals surface area (Å²) in [5.41, 5.74) is 4.55. The standard InChI is InChI=1S/C41H44N3P/c1-5-7-27-44(28-8-6-2)32-24-25-36-37(29-32)42-41(30(3)4)43-40(36)39-35-22-16-15-17-31(35)23-26-38(39)45(33-18-11-9-12-19-33)34-20-13-10-14-21-34/h9-26,29-30H,5-8,27-28H2,1-4H3. The smallest absolute Gasteiger partial charge is 0.132 e. The van der Waals surface area contributed by atoms with Crippen LogP contribution in [0, 0.1) is 0 Å². The molecule has 0 unspecified atom stereocenters. The van der Waals surface area contributed by atoms with Crippen molar-refractivity contribution >= 4 is 51.2 Å². The molecule has 1 aromatic heterocycles. The van der Waals surface area contributed by atoms with Gasteiger partial charge in [0.05, 0.1) is 11.2 Å². The van der Waals surface area contributed by atoms with Crippen LogP contribution in [-0.2, 0) is 0 Å². The summed E-state index contributed by atoms with van der Waals surface area (Å²) >= 11 is 0. The molecule has 0 amide bonds. The minimum absolute atomic E-state index is 0.205. The molecule has 5 aromatic carbocycles. The Morgan fingerprint density at radius 3 is 1.89 bits per heavy atom. The van der Waals surface area contributed by atoms with E-state index >= 15 is 0 Å². The zero-order chi connectivity index (χ0) is 31.2. The highest BCUT2D eigenvalue weighted by molar-refractivity contribution is 7.80. The van der Waals surface area contributed by atoms with Gasteiger partial charge in [-0.25, -0.2) is 9.97 Å². The van der Waals surface area contributed by atoms with Gasteiger partial charge < -0.3 is 4.90 Å². The van der Waals surface area contributed by atoms with Crippen molar-refractivity contribution < 1.29 is 0 Å². The van der Waals surface area contributed by atoms with Crippen molar-refractivity contribution in [3.63, 3.8) is 0 Å². The SMILES string of the molecule is CCCCN(CCCC)c1ccc2c(-c3c(P(c4ccccc4)c4ccccc4)ccc4ccccc34)nc(C(C)C)nc2c1. The number of fused-ring (bicyclic) bond motifs is 2. The van der Waals surface area contributed by atoms with Gasteiger partial charge in [-0.2, -0.15) is 0 Å². The predicted octanol–water partition coefficient (Wildman–Crippen LogP) is 9.74. The summed E-state index contributed by atoms with van der Waals surface area (Å²) in [6.45, 7) is 11.1. The molecule has 0 bridgehead atoms. The first kappa shape index (κ1) is 30.9. The average Bonchev–Trinajstić information content (AvgIpc) is 3.08. The van der Waals surface area contributed by atoms with Crippen molar-refractivity contribution in [2.24, 2.45) is 0 Å². The van der Waals surface area contributed by atoms with Crippen LogP contribution in [0.3, 0.4) is 0 Å². The zero-order valence-corrected chi connectivity index (χ0v) is 28.0. The van der Waals surface area contributed by atoms with E-state index in [2.05, 4.69) is 148 Å².